The molecule has 0 bridgehead atoms. The molecule has 0 amide bonds. The summed E-state index contributed by atoms with van der Waals surface area (Å²) < 4.78 is 24.8. The topological polar surface area (TPSA) is 152 Å². The molecule has 2 aromatic rings. The van der Waals surface area contributed by atoms with Gasteiger partial charge in [0.1, 0.15) is 31.3 Å². The fourth-order valence-corrected chi connectivity index (χ4v) is 3.84. The van der Waals surface area contributed by atoms with Crippen molar-refractivity contribution < 1.29 is 52.8 Å². The number of carboxylic acids is 1. The number of carboxylic acid groups (broad SMARTS) is 1. The van der Waals surface area contributed by atoms with E-state index in [-0.39, 0.29) is 31.3 Å². The quantitative estimate of drug-likeness (QED) is 0.220. The minimum Gasteiger partial charge on any atom is -0.481 e. The van der Waals surface area contributed by atoms with Crippen LogP contribution in [0, 0.1) is 10.8 Å². The molecule has 2 rings (SSSR count). The predicted molar refractivity (Wildman–Crippen MR) is 159 cm³/mol. The average Bonchev–Trinajstić information content (AvgIpc) is 2.94. The maximum absolute atomic E-state index is 12.4. The van der Waals surface area contributed by atoms with Gasteiger partial charge in [-0.2, -0.15) is 0 Å². The van der Waals surface area contributed by atoms with E-state index in [0.29, 0.717) is 12.0 Å². The summed E-state index contributed by atoms with van der Waals surface area (Å²) in [6.45, 7) is 7.66. The molecule has 240 valence electrons. The summed E-state index contributed by atoms with van der Waals surface area (Å²) >= 11 is 0. The summed E-state index contributed by atoms with van der Waals surface area (Å²) in [5.41, 5.74) is 1.63. The average molecular weight is 615 g/mol. The molecule has 2 atom stereocenters. The number of hydrogen-bond donors (Lipinski definition) is 1. The van der Waals surface area contributed by atoms with Crippen LogP contribution in [-0.2, 0) is 62.1 Å². The fraction of sp³-hybridized carbons (Fsp3) is 0.485. The number of rotatable bonds is 15. The third-order valence-corrected chi connectivity index (χ3v) is 6.38. The van der Waals surface area contributed by atoms with Crippen molar-refractivity contribution in [2.45, 2.75) is 66.4 Å². The second kappa shape index (κ2) is 16.4. The summed E-state index contributed by atoms with van der Waals surface area (Å²) in [4.78, 5) is 59.5. The van der Waals surface area contributed by atoms with E-state index >= 15 is 0 Å². The summed E-state index contributed by atoms with van der Waals surface area (Å²) in [5.74, 6) is -2.78. The lowest BCUT2D eigenvalue weighted by molar-refractivity contribution is -0.166. The molecular formula is C33H42O11. The van der Waals surface area contributed by atoms with Crippen LogP contribution in [0.5, 0.6) is 0 Å². The van der Waals surface area contributed by atoms with Crippen LogP contribution >= 0.6 is 0 Å². The molecule has 0 saturated heterocycles. The molecule has 0 fully saturated rings. The number of carbonyl (C=O) groups excluding carboxylic acids is 4. The second-order valence-electron chi connectivity index (χ2n) is 12.2. The highest BCUT2D eigenvalue weighted by atomic mass is 16.7. The van der Waals surface area contributed by atoms with Gasteiger partial charge in [-0.15, -0.1) is 0 Å². The Balaban J connectivity index is 1.82. The zero-order chi connectivity index (χ0) is 32.9. The number of methoxy groups -OCH3 is 1. The summed E-state index contributed by atoms with van der Waals surface area (Å²) in [7, 11) is 1.19. The van der Waals surface area contributed by atoms with Gasteiger partial charge < -0.3 is 28.8 Å². The molecular weight excluding hydrogens is 572 g/mol. The third-order valence-electron chi connectivity index (χ3n) is 6.38. The first kappa shape index (κ1) is 35.8. The standard InChI is InChI=1S/C33H42O11/c1-22(19-41-31(39)40-6)44-28(35)17-26-13-9-24(10-14-26)15-23-7-11-25(12-8-23)16-27(34)42-20-33(5,30(37)38)21-43-29(36)18-32(2,3)4/h7-14,22H,15-21H2,1-6H3,(H,37,38). The van der Waals surface area contributed by atoms with Crippen molar-refractivity contribution in [1.29, 1.82) is 0 Å². The highest BCUT2D eigenvalue weighted by molar-refractivity contribution is 5.77. The van der Waals surface area contributed by atoms with Gasteiger partial charge in [-0.05, 0) is 47.9 Å². The monoisotopic (exact) mass is 614 g/mol. The Bertz CT molecular complexity index is 1280. The summed E-state index contributed by atoms with van der Waals surface area (Å²) in [6.07, 6.45) is -0.657. The van der Waals surface area contributed by atoms with E-state index in [1.807, 2.05) is 57.2 Å². The van der Waals surface area contributed by atoms with Gasteiger partial charge in [-0.25, -0.2) is 4.79 Å². The van der Waals surface area contributed by atoms with E-state index in [0.717, 1.165) is 16.7 Å². The highest BCUT2D eigenvalue weighted by Gasteiger charge is 2.37. The van der Waals surface area contributed by atoms with Crippen molar-refractivity contribution in [3.63, 3.8) is 0 Å². The van der Waals surface area contributed by atoms with Gasteiger partial charge >= 0.3 is 30.0 Å². The number of hydrogen-bond acceptors (Lipinski definition) is 10. The predicted octanol–water partition coefficient (Wildman–Crippen LogP) is 4.69. The minimum atomic E-state index is -1.57. The van der Waals surface area contributed by atoms with Crippen LogP contribution in [0.2, 0.25) is 0 Å². The maximum Gasteiger partial charge on any atom is 0.508 e. The van der Waals surface area contributed by atoms with E-state index in [9.17, 15) is 29.1 Å². The Labute approximate surface area is 257 Å². The van der Waals surface area contributed by atoms with Crippen molar-refractivity contribution in [2.24, 2.45) is 10.8 Å². The molecule has 44 heavy (non-hydrogen) atoms. The molecule has 11 nitrogen and oxygen atoms in total. The Hall–Kier alpha value is -4.41. The van der Waals surface area contributed by atoms with Crippen molar-refractivity contribution in [3.8, 4) is 0 Å². The van der Waals surface area contributed by atoms with Gasteiger partial charge in [-0.1, -0.05) is 69.3 Å². The number of aliphatic carboxylic acids is 1. The van der Waals surface area contributed by atoms with Crippen molar-refractivity contribution in [1.82, 2.24) is 0 Å². The number of esters is 3. The Morgan fingerprint density at radius 3 is 1.61 bits per heavy atom. The highest BCUT2D eigenvalue weighted by Crippen LogP contribution is 2.23. The van der Waals surface area contributed by atoms with Crippen LogP contribution in [0.3, 0.4) is 0 Å². The second-order valence-corrected chi connectivity index (χ2v) is 12.2. The number of benzene rings is 2. The lowest BCUT2D eigenvalue weighted by atomic mass is 9.91. The van der Waals surface area contributed by atoms with Gasteiger partial charge in [0.2, 0.25) is 0 Å². The van der Waals surface area contributed by atoms with E-state index in [1.54, 1.807) is 19.1 Å². The first-order chi connectivity index (χ1) is 20.6. The molecule has 0 aromatic heterocycles. The van der Waals surface area contributed by atoms with Crippen LogP contribution in [-0.4, -0.2) is 68.2 Å². The zero-order valence-electron chi connectivity index (χ0n) is 26.2. The molecule has 11 heteroatoms. The number of ether oxygens (including phenoxy) is 5. The van der Waals surface area contributed by atoms with Crippen molar-refractivity contribution >= 4 is 30.0 Å². The van der Waals surface area contributed by atoms with E-state index in [4.69, 9.17) is 18.9 Å². The van der Waals surface area contributed by atoms with Crippen LogP contribution in [0.4, 0.5) is 4.79 Å². The first-order valence-corrected chi connectivity index (χ1v) is 14.2. The first-order valence-electron chi connectivity index (χ1n) is 14.2. The van der Waals surface area contributed by atoms with Gasteiger partial charge in [0, 0.05) is 0 Å². The molecule has 0 aliphatic rings. The lowest BCUT2D eigenvalue weighted by Gasteiger charge is -2.25. The molecule has 1 N–H and O–H groups in total. The van der Waals surface area contributed by atoms with Gasteiger partial charge in [0.05, 0.1) is 26.4 Å². The van der Waals surface area contributed by atoms with E-state index < -0.39 is 54.8 Å². The van der Waals surface area contributed by atoms with Crippen molar-refractivity contribution in [2.75, 3.05) is 26.9 Å². The Kier molecular flexibility index (Phi) is 13.4. The van der Waals surface area contributed by atoms with Crippen LogP contribution in [0.25, 0.3) is 0 Å². The summed E-state index contributed by atoms with van der Waals surface area (Å²) in [5, 5.41) is 9.64. The normalized spacial score (nSPS) is 13.1. The SMILES string of the molecule is COC(=O)OCC(C)OC(=O)Cc1ccc(Cc2ccc(CC(=O)OCC(C)(COC(=O)CC(C)(C)C)C(=O)O)cc2)cc1. The van der Waals surface area contributed by atoms with Gasteiger partial charge in [0.15, 0.2) is 0 Å². The molecule has 0 aliphatic heterocycles. The largest absolute Gasteiger partial charge is 0.508 e. The number of carbonyl (C=O) groups is 5. The maximum atomic E-state index is 12.4. The van der Waals surface area contributed by atoms with Crippen LogP contribution < -0.4 is 0 Å². The smallest absolute Gasteiger partial charge is 0.481 e. The van der Waals surface area contributed by atoms with Gasteiger partial charge in [-0.3, -0.25) is 19.2 Å². The third kappa shape index (κ3) is 13.3. The van der Waals surface area contributed by atoms with Crippen LogP contribution in [0.1, 0.15) is 63.3 Å². The van der Waals surface area contributed by atoms with Crippen LogP contribution in [0.15, 0.2) is 48.5 Å². The Morgan fingerprint density at radius 1 is 0.705 bits per heavy atom. The zero-order valence-corrected chi connectivity index (χ0v) is 26.2. The molecule has 2 aromatic carbocycles. The minimum absolute atomic E-state index is 0.0436. The lowest BCUT2D eigenvalue weighted by Crippen LogP contribution is -2.39. The molecule has 0 spiro atoms. The van der Waals surface area contributed by atoms with E-state index in [1.165, 1.54) is 14.0 Å². The van der Waals surface area contributed by atoms with E-state index in [2.05, 4.69) is 4.74 Å². The van der Waals surface area contributed by atoms with Crippen molar-refractivity contribution in [3.05, 3.63) is 70.8 Å². The molecule has 0 aliphatic carbocycles. The molecule has 0 radical (unpaired) electrons. The molecule has 0 saturated carbocycles. The fourth-order valence-electron chi connectivity index (χ4n) is 3.84. The molecule has 0 heterocycles. The summed E-state index contributed by atoms with van der Waals surface area (Å²) in [6, 6.07) is 14.9. The molecule has 2 unspecified atom stereocenters. The Morgan fingerprint density at radius 2 is 1.16 bits per heavy atom. The van der Waals surface area contributed by atoms with Gasteiger partial charge in [0.25, 0.3) is 0 Å².